The zero-order chi connectivity index (χ0) is 62.4. The van der Waals surface area contributed by atoms with Crippen molar-refractivity contribution in [3.63, 3.8) is 0 Å². The minimum Gasteiger partial charge on any atom is -0.476 e. The number of likely N-dealkylation sites (N-methyl/N-ethyl adjacent to an activating group) is 1. The maximum Gasteiger partial charge on any atom is 0.355 e. The number of aromatic nitrogens is 4. The topological polar surface area (TPSA) is 303 Å². The molecule has 5 fully saturated rings. The summed E-state index contributed by atoms with van der Waals surface area (Å²) < 4.78 is 7.86. The van der Waals surface area contributed by atoms with Crippen LogP contribution in [0.25, 0.3) is 15.8 Å². The number of fused-ring (bicyclic) bond motifs is 2. The molecule has 3 aromatic heterocycles. The van der Waals surface area contributed by atoms with Crippen molar-refractivity contribution in [3.8, 4) is 0 Å². The summed E-state index contributed by atoms with van der Waals surface area (Å²) in [6.07, 6.45) is 16.2. The van der Waals surface area contributed by atoms with Gasteiger partial charge in [-0.1, -0.05) is 62.6 Å². The van der Waals surface area contributed by atoms with Crippen LogP contribution in [0.5, 0.6) is 0 Å². The molecule has 2 aromatic carbocycles. The lowest BCUT2D eigenvalue weighted by Gasteiger charge is -2.47. The van der Waals surface area contributed by atoms with E-state index in [9.17, 15) is 29.1 Å². The van der Waals surface area contributed by atoms with Crippen LogP contribution in [0.4, 0.5) is 28.3 Å². The number of pyridine rings is 1. The Kier molecular flexibility index (Phi) is 19.3. The molecule has 4 bridgehead atoms. The molecule has 3 atom stereocenters. The van der Waals surface area contributed by atoms with Gasteiger partial charge in [0.2, 0.25) is 11.8 Å². The molecule has 88 heavy (non-hydrogen) atoms. The van der Waals surface area contributed by atoms with Crippen LogP contribution in [0, 0.1) is 28.6 Å². The largest absolute Gasteiger partial charge is 0.476 e. The van der Waals surface area contributed by atoms with E-state index in [4.69, 9.17) is 26.0 Å². The molecule has 6 aliphatic rings. The fourth-order valence-corrected chi connectivity index (χ4v) is 15.6. The number of ether oxygens (including phenoxy) is 1. The number of aliphatic imine (C=N–C) groups is 1. The van der Waals surface area contributed by atoms with Crippen LogP contribution in [-0.2, 0) is 14.3 Å². The third kappa shape index (κ3) is 13.6. The fourth-order valence-electron chi connectivity index (χ4n) is 14.7. The molecule has 4 saturated carbocycles. The van der Waals surface area contributed by atoms with Gasteiger partial charge in [0.05, 0.1) is 51.4 Å². The van der Waals surface area contributed by atoms with Crippen molar-refractivity contribution in [2.45, 2.75) is 142 Å². The lowest BCUT2D eigenvalue weighted by molar-refractivity contribution is -0.620. The second-order valence-corrected chi connectivity index (χ2v) is 26.7. The fraction of sp³-hybridized carbons (Fsp3) is 0.508. The van der Waals surface area contributed by atoms with Crippen LogP contribution in [0.2, 0.25) is 0 Å². The Labute approximate surface area is 518 Å². The molecule has 11 rings (SSSR count). The number of carboxylic acids is 1. The summed E-state index contributed by atoms with van der Waals surface area (Å²) in [5.74, 6) is 3.95. The van der Waals surface area contributed by atoms with Gasteiger partial charge >= 0.3 is 5.97 Å². The first-order valence-electron chi connectivity index (χ1n) is 30.9. The van der Waals surface area contributed by atoms with E-state index in [-0.39, 0.29) is 51.5 Å². The molecule has 0 radical (unpaired) electrons. The summed E-state index contributed by atoms with van der Waals surface area (Å²) in [5, 5.41) is 44.6. The number of allylic oxidation sites excluding steroid dienone is 2. The number of quaternary nitrogens is 1. The molecule has 5 aromatic rings. The van der Waals surface area contributed by atoms with Gasteiger partial charge < -0.3 is 46.8 Å². The molecule has 3 unspecified atom stereocenters. The number of nitrogens with zero attached hydrogens (tertiary/aromatic N) is 9. The molecule has 466 valence electrons. The Morgan fingerprint density at radius 1 is 0.920 bits per heavy atom. The molecular weight excluding hydrogens is 1130 g/mol. The Hall–Kier alpha value is -7.86. The molecule has 1 saturated heterocycles. The van der Waals surface area contributed by atoms with Crippen molar-refractivity contribution >= 4 is 103 Å². The second kappa shape index (κ2) is 26.9. The van der Waals surface area contributed by atoms with Crippen molar-refractivity contribution in [2.75, 3.05) is 69.0 Å². The summed E-state index contributed by atoms with van der Waals surface area (Å²) >= 11 is 1.53. The van der Waals surface area contributed by atoms with Crippen LogP contribution < -0.4 is 32.0 Å². The van der Waals surface area contributed by atoms with E-state index < -0.39 is 35.6 Å². The van der Waals surface area contributed by atoms with Gasteiger partial charge in [0.15, 0.2) is 22.5 Å². The number of hydrogen-bond donors (Lipinski definition) is 7. The standard InChI is InChI=1S/C65H83N15O7S/c1-41-32-52(76-77-56(41)74-61-71-47-20-12-13-22-50(47)88-61)79(51-25-23-44(55(72-51)60(85)86)46(33-66)42(2)70-40-64-35-62(3)37-65(39-64,38-63(62,4)36-64)87-31-30-78(5)6)29-16-10-14-27-68-34-43(75-67)18-11-8-7-9-15-28-69-48-21-17-19-45-54(48)59(84)80(58(45)83)49-24-26-53(81)73-57(49)82/h12-13,17,19-23,25,32-34,49,66,69-70H,7-11,14-16,18,24,26-31,35-40,67H2,1-6H3,(H,85,86)(H,71,74,77)(H,73,81,82)/p+1/b46-42+,66-33?,68-34?,75-43-. The number of amides is 4. The number of imide groups is 2. The van der Waals surface area contributed by atoms with E-state index in [2.05, 4.69) is 74.4 Å². The van der Waals surface area contributed by atoms with E-state index in [1.807, 2.05) is 55.1 Å². The van der Waals surface area contributed by atoms with Crippen LogP contribution in [0.15, 0.2) is 76.5 Å². The number of benzene rings is 2. The highest BCUT2D eigenvalue weighted by molar-refractivity contribution is 7.22. The Balaban J connectivity index is 0.733. The van der Waals surface area contributed by atoms with E-state index in [0.717, 1.165) is 122 Å². The molecule has 23 heteroatoms. The Morgan fingerprint density at radius 3 is 2.41 bits per heavy atom. The molecule has 9 N–H and O–H groups in total. The third-order valence-corrected chi connectivity index (χ3v) is 19.8. The summed E-state index contributed by atoms with van der Waals surface area (Å²) in [6.45, 7) is 12.9. The average molecular weight is 1220 g/mol. The number of carbonyl (C=O) groups is 5. The van der Waals surface area contributed by atoms with E-state index in [0.29, 0.717) is 78.5 Å². The Morgan fingerprint density at radius 2 is 1.68 bits per heavy atom. The number of unbranched alkanes of at least 4 members (excludes halogenated alkanes) is 6. The number of anilines is 5. The number of aromatic carboxylic acids is 1. The quantitative estimate of drug-likeness (QED) is 0.00715. The van der Waals surface area contributed by atoms with Gasteiger partial charge in [-0.3, -0.25) is 34.4 Å². The highest BCUT2D eigenvalue weighted by atomic mass is 32.1. The van der Waals surface area contributed by atoms with Crippen LogP contribution >= 0.6 is 11.3 Å². The number of aryl methyl sites for hydroxylation is 1. The molecule has 4 aliphatic carbocycles. The number of carbonyl (C=O) groups excluding carboxylic acids is 4. The van der Waals surface area contributed by atoms with Crippen molar-refractivity contribution < 1.29 is 39.1 Å². The van der Waals surface area contributed by atoms with Crippen LogP contribution in [0.1, 0.15) is 166 Å². The zero-order valence-electron chi connectivity index (χ0n) is 51.5. The summed E-state index contributed by atoms with van der Waals surface area (Å²) in [6, 6.07) is 17.5. The van der Waals surface area contributed by atoms with Crippen molar-refractivity contribution in [1.82, 2.24) is 35.3 Å². The molecule has 5 heterocycles. The number of para-hydroxylation sites is 1. The Bertz CT molecular complexity index is 3530. The van der Waals surface area contributed by atoms with Gasteiger partial charge in [-0.2, -0.15) is 5.10 Å². The van der Waals surface area contributed by atoms with Crippen molar-refractivity contribution in [1.29, 1.82) is 5.41 Å². The SMILES string of the molecule is C/C([NH2+]CC12CC3(OCCN(C)C)CC(C)(C1)C(C)(C2)C3)=C(/C=N)c1ccc(N(CCCCCN=C/C(CCCCCCCNc2cccc3c2C(=O)N(C2CCC(=O)NC2=O)C3=O)=N\N)c2cc(C)c(Nc3nc4ccccc4s3)nn2)nc1C(=O)O. The normalized spacial score (nSPS) is 23.4. The number of thiazole rings is 1. The minimum absolute atomic E-state index is 0.0629. The van der Waals surface area contributed by atoms with Crippen molar-refractivity contribution in [2.24, 2.45) is 32.2 Å². The van der Waals surface area contributed by atoms with Gasteiger partial charge in [0.1, 0.15) is 17.6 Å². The number of carboxylic acid groups (broad SMARTS) is 1. The van der Waals surface area contributed by atoms with Gasteiger partial charge in [0.25, 0.3) is 11.8 Å². The minimum atomic E-state index is -1.19. The highest BCUT2D eigenvalue weighted by Crippen LogP contribution is 2.77. The summed E-state index contributed by atoms with van der Waals surface area (Å²) in [5.41, 5.74) is 5.41. The first-order valence-corrected chi connectivity index (χ1v) is 31.8. The van der Waals surface area contributed by atoms with Gasteiger partial charge in [0, 0.05) is 68.6 Å². The maximum atomic E-state index is 13.5. The highest BCUT2D eigenvalue weighted by Gasteiger charge is 2.73. The number of nitrogens with one attached hydrogen (secondary N) is 4. The molecular formula is C65H84N15O7S+. The van der Waals surface area contributed by atoms with Gasteiger partial charge in [-0.25, -0.2) is 14.8 Å². The summed E-state index contributed by atoms with van der Waals surface area (Å²) in [7, 11) is 4.16. The van der Waals surface area contributed by atoms with Crippen LogP contribution in [0.3, 0.4) is 0 Å². The third-order valence-electron chi connectivity index (χ3n) is 18.9. The number of hydrazone groups is 1. The van der Waals surface area contributed by atoms with Gasteiger partial charge in [-0.15, -0.1) is 10.2 Å². The monoisotopic (exact) mass is 1220 g/mol. The van der Waals surface area contributed by atoms with E-state index in [1.54, 1.807) is 30.5 Å². The predicted octanol–water partition coefficient (Wildman–Crippen LogP) is 9.03. The van der Waals surface area contributed by atoms with Crippen molar-refractivity contribution in [3.05, 3.63) is 94.3 Å². The number of nitrogens with two attached hydrogens (primary N) is 2. The number of piperidine rings is 1. The smallest absolute Gasteiger partial charge is 0.355 e. The first kappa shape index (κ1) is 63.2. The average Bonchev–Trinajstić information content (AvgIpc) is 1.66. The molecule has 2 aliphatic heterocycles. The van der Waals surface area contributed by atoms with Crippen LogP contribution in [-0.4, -0.2) is 148 Å². The number of rotatable bonds is 31. The maximum absolute atomic E-state index is 13.5. The lowest BCUT2D eigenvalue weighted by atomic mass is 9.64. The predicted molar refractivity (Wildman–Crippen MR) is 343 cm³/mol. The lowest BCUT2D eigenvalue weighted by Crippen LogP contribution is -2.85. The van der Waals surface area contributed by atoms with E-state index in [1.165, 1.54) is 17.6 Å². The molecule has 22 nitrogen and oxygen atoms in total. The number of hydrogen-bond acceptors (Lipinski definition) is 19. The van der Waals surface area contributed by atoms with Gasteiger partial charge in [-0.05, 0) is 157 Å². The zero-order valence-corrected chi connectivity index (χ0v) is 52.4. The molecule has 4 amide bonds. The first-order chi connectivity index (χ1) is 42.3. The summed E-state index contributed by atoms with van der Waals surface area (Å²) in [4.78, 5) is 83.5. The second-order valence-electron chi connectivity index (χ2n) is 25.7. The van der Waals surface area contributed by atoms with E-state index >= 15 is 0 Å². The molecule has 0 spiro atoms.